The minimum Gasteiger partial charge on any atom is -0.457 e. The fourth-order valence-corrected chi connectivity index (χ4v) is 6.03. The number of aliphatic hydroxyl groups is 1. The van der Waals surface area contributed by atoms with Gasteiger partial charge < -0.3 is 20.1 Å². The Hall–Kier alpha value is -4.19. The Morgan fingerprint density at radius 2 is 1.90 bits per heavy atom. The zero-order chi connectivity index (χ0) is 27.4. The third-order valence-corrected chi connectivity index (χ3v) is 7.82. The van der Waals surface area contributed by atoms with E-state index in [9.17, 15) is 5.11 Å². The number of para-hydroxylation sites is 1. The highest BCUT2D eigenvalue weighted by molar-refractivity contribution is 6.02. The van der Waals surface area contributed by atoms with Gasteiger partial charge in [-0.3, -0.25) is 4.90 Å². The first-order valence-corrected chi connectivity index (χ1v) is 13.3. The lowest BCUT2D eigenvalue weighted by Crippen LogP contribution is -2.48. The Bertz CT molecular complexity index is 1510. The van der Waals surface area contributed by atoms with Crippen molar-refractivity contribution in [2.24, 2.45) is 5.92 Å². The lowest BCUT2D eigenvalue weighted by atomic mass is 9.85. The van der Waals surface area contributed by atoms with Gasteiger partial charge in [0.2, 0.25) is 0 Å². The van der Waals surface area contributed by atoms with Gasteiger partial charge in [0.05, 0.1) is 18.2 Å². The summed E-state index contributed by atoms with van der Waals surface area (Å²) in [6.07, 6.45) is 7.76. The number of aromatic nitrogens is 3. The molecule has 3 N–H and O–H groups in total. The Morgan fingerprint density at radius 3 is 2.62 bits per heavy atom. The predicted molar refractivity (Wildman–Crippen MR) is 153 cm³/mol. The Morgan fingerprint density at radius 1 is 1.15 bits per heavy atom. The molecule has 1 unspecified atom stereocenters. The molecule has 3 heterocycles. The number of aliphatic hydroxyl groups excluding tert-OH is 1. The third-order valence-electron chi connectivity index (χ3n) is 7.82. The maximum Gasteiger partial charge on any atom is 0.146 e. The van der Waals surface area contributed by atoms with Gasteiger partial charge in [0.25, 0.3) is 0 Å². The van der Waals surface area contributed by atoms with Gasteiger partial charge in [-0.15, -0.1) is 0 Å². The minimum absolute atomic E-state index is 0.0141. The van der Waals surface area contributed by atoms with Gasteiger partial charge in [-0.1, -0.05) is 43.3 Å². The fourth-order valence-electron chi connectivity index (χ4n) is 6.03. The number of fused-ring (bicyclic) bond motifs is 1. The Labute approximate surface area is 229 Å². The van der Waals surface area contributed by atoms with Crippen LogP contribution < -0.4 is 10.5 Å². The van der Waals surface area contributed by atoms with Crippen LogP contribution in [0.5, 0.6) is 11.5 Å². The number of nitrogen functional groups attached to an aromatic ring is 1. The molecule has 2 aromatic heterocycles. The Balaban J connectivity index is 1.55. The number of hydrogen-bond acceptors (Lipinski definition) is 7. The molecule has 1 aliphatic heterocycles. The van der Waals surface area contributed by atoms with E-state index < -0.39 is 0 Å². The van der Waals surface area contributed by atoms with E-state index in [-0.39, 0.29) is 18.2 Å². The lowest BCUT2D eigenvalue weighted by molar-refractivity contribution is 0.0168. The second-order valence-corrected chi connectivity index (χ2v) is 10.3. The highest BCUT2D eigenvalue weighted by Gasteiger charge is 2.42. The van der Waals surface area contributed by atoms with Gasteiger partial charge in [0.1, 0.15) is 29.3 Å². The molecule has 8 nitrogen and oxygen atoms in total. The molecule has 200 valence electrons. The topological polar surface area (TPSA) is 113 Å². The van der Waals surface area contributed by atoms with Crippen molar-refractivity contribution in [3.05, 3.63) is 78.8 Å². The summed E-state index contributed by atoms with van der Waals surface area (Å²) in [6, 6.07) is 19.8. The van der Waals surface area contributed by atoms with Crippen molar-refractivity contribution >= 4 is 16.9 Å². The van der Waals surface area contributed by atoms with Crippen LogP contribution in [-0.2, 0) is 6.54 Å². The van der Waals surface area contributed by atoms with Crippen molar-refractivity contribution in [1.82, 2.24) is 19.4 Å². The van der Waals surface area contributed by atoms with Crippen LogP contribution in [0.15, 0.2) is 73.1 Å². The van der Waals surface area contributed by atoms with Gasteiger partial charge in [0, 0.05) is 36.0 Å². The molecule has 0 saturated carbocycles. The molecule has 5 rings (SSSR count). The van der Waals surface area contributed by atoms with Crippen molar-refractivity contribution in [2.75, 3.05) is 19.0 Å². The van der Waals surface area contributed by atoms with Crippen LogP contribution in [0, 0.1) is 24.2 Å². The molecule has 0 radical (unpaired) electrons. The summed E-state index contributed by atoms with van der Waals surface area (Å²) in [6.45, 7) is 5.67. The van der Waals surface area contributed by atoms with E-state index in [0.29, 0.717) is 12.4 Å². The molecule has 4 aromatic rings. The molecule has 8 heteroatoms. The SMILES string of the molecule is Cc1c(-c2ccc(Oc3ccccc3)cc2)c2c(N)ncnc2n1C[C@@]1(CC(C)C=CC#N)CCCN1CO. The number of anilines is 1. The standard InChI is InChI=1S/C31H34N6O2/c1-22(8-6-16-32)18-31(15-7-17-36(31)21-38)19-37-23(2)27(28-29(33)34-20-35-30(28)37)24-11-13-26(14-12-24)39-25-9-4-3-5-10-25/h3-6,8-14,20,22,38H,7,15,17-19,21H2,1-2H3,(H2,33,34,35)/t22?,31-/m0/s1. The molecule has 1 aliphatic rings. The van der Waals surface area contributed by atoms with Gasteiger partial charge >= 0.3 is 0 Å². The maximum absolute atomic E-state index is 10.3. The number of nitrogens with two attached hydrogens (primary N) is 1. The molecule has 2 atom stereocenters. The number of benzene rings is 2. The van der Waals surface area contributed by atoms with Gasteiger partial charge in [0.15, 0.2) is 0 Å². The van der Waals surface area contributed by atoms with Crippen LogP contribution in [0.25, 0.3) is 22.2 Å². The number of allylic oxidation sites excluding steroid dienone is 2. The number of nitriles is 1. The van der Waals surface area contributed by atoms with Crippen molar-refractivity contribution in [1.29, 1.82) is 5.26 Å². The van der Waals surface area contributed by atoms with E-state index >= 15 is 0 Å². The molecule has 1 saturated heterocycles. The zero-order valence-corrected chi connectivity index (χ0v) is 22.4. The average Bonchev–Trinajstić information content (AvgIpc) is 3.47. The summed E-state index contributed by atoms with van der Waals surface area (Å²) >= 11 is 0. The Kier molecular flexibility index (Phi) is 7.64. The van der Waals surface area contributed by atoms with Crippen molar-refractivity contribution < 1.29 is 9.84 Å². The van der Waals surface area contributed by atoms with E-state index in [0.717, 1.165) is 65.2 Å². The van der Waals surface area contributed by atoms with Crippen LogP contribution in [0.2, 0.25) is 0 Å². The molecule has 0 aliphatic carbocycles. The highest BCUT2D eigenvalue weighted by atomic mass is 16.5. The first kappa shape index (κ1) is 26.4. The fraction of sp³-hybridized carbons (Fsp3) is 0.323. The predicted octanol–water partition coefficient (Wildman–Crippen LogP) is 5.67. The summed E-state index contributed by atoms with van der Waals surface area (Å²) in [7, 11) is 0. The first-order chi connectivity index (χ1) is 19.0. The normalized spacial score (nSPS) is 18.5. The minimum atomic E-state index is -0.283. The van der Waals surface area contributed by atoms with E-state index in [1.54, 1.807) is 6.08 Å². The van der Waals surface area contributed by atoms with Gasteiger partial charge in [-0.25, -0.2) is 9.97 Å². The van der Waals surface area contributed by atoms with Crippen LogP contribution in [0.3, 0.4) is 0 Å². The maximum atomic E-state index is 10.3. The summed E-state index contributed by atoms with van der Waals surface area (Å²) in [5, 5.41) is 20.2. The van der Waals surface area contributed by atoms with E-state index in [1.807, 2.05) is 60.7 Å². The molecular weight excluding hydrogens is 488 g/mol. The molecular formula is C31H34N6O2. The molecule has 0 spiro atoms. The van der Waals surface area contributed by atoms with Crippen LogP contribution in [0.4, 0.5) is 5.82 Å². The molecule has 0 amide bonds. The summed E-state index contributed by atoms with van der Waals surface area (Å²) in [5.74, 6) is 2.14. The van der Waals surface area contributed by atoms with Gasteiger partial charge in [-0.05, 0) is 61.9 Å². The third kappa shape index (κ3) is 5.24. The summed E-state index contributed by atoms with van der Waals surface area (Å²) < 4.78 is 8.23. The van der Waals surface area contributed by atoms with Crippen LogP contribution >= 0.6 is 0 Å². The quantitative estimate of drug-likeness (QED) is 0.272. The van der Waals surface area contributed by atoms with Crippen LogP contribution in [-0.4, -0.2) is 43.4 Å². The monoisotopic (exact) mass is 522 g/mol. The highest BCUT2D eigenvalue weighted by Crippen LogP contribution is 2.42. The number of rotatable bonds is 9. The van der Waals surface area contributed by atoms with Crippen molar-refractivity contribution in [2.45, 2.75) is 45.2 Å². The average molecular weight is 523 g/mol. The second kappa shape index (κ2) is 11.3. The molecule has 39 heavy (non-hydrogen) atoms. The summed E-state index contributed by atoms with van der Waals surface area (Å²) in [4.78, 5) is 11.2. The van der Waals surface area contributed by atoms with Crippen molar-refractivity contribution in [3.8, 4) is 28.7 Å². The zero-order valence-electron chi connectivity index (χ0n) is 22.4. The van der Waals surface area contributed by atoms with E-state index in [2.05, 4.69) is 39.4 Å². The summed E-state index contributed by atoms with van der Waals surface area (Å²) in [5.41, 5.74) is 10.00. The largest absolute Gasteiger partial charge is 0.457 e. The molecule has 2 aromatic carbocycles. The second-order valence-electron chi connectivity index (χ2n) is 10.3. The number of hydrogen-bond donors (Lipinski definition) is 2. The smallest absolute Gasteiger partial charge is 0.146 e. The number of ether oxygens (including phenoxy) is 1. The van der Waals surface area contributed by atoms with E-state index in [4.69, 9.17) is 15.7 Å². The first-order valence-electron chi connectivity index (χ1n) is 13.3. The molecule has 1 fully saturated rings. The van der Waals surface area contributed by atoms with E-state index in [1.165, 1.54) is 6.33 Å². The van der Waals surface area contributed by atoms with Crippen LogP contribution in [0.1, 0.15) is 31.9 Å². The lowest BCUT2D eigenvalue weighted by Gasteiger charge is -2.40. The van der Waals surface area contributed by atoms with Gasteiger partial charge in [-0.2, -0.15) is 5.26 Å². The van der Waals surface area contributed by atoms with Crippen molar-refractivity contribution in [3.63, 3.8) is 0 Å². The number of nitrogens with zero attached hydrogens (tertiary/aromatic N) is 5. The number of likely N-dealkylation sites (tertiary alicyclic amines) is 1. The molecule has 0 bridgehead atoms.